The smallest absolute Gasteiger partial charge is 0.286 e. The molecule has 0 heterocycles. The summed E-state index contributed by atoms with van der Waals surface area (Å²) in [5.41, 5.74) is -4.44. The van der Waals surface area contributed by atoms with Crippen molar-refractivity contribution in [2.75, 3.05) is 11.5 Å². The van der Waals surface area contributed by atoms with Crippen LogP contribution in [-0.2, 0) is 10.1 Å². The quantitative estimate of drug-likeness (QED) is 0.709. The molecule has 8 heteroatoms. The number of alkyl halides is 3. The maximum absolute atomic E-state index is 11.3. The fourth-order valence-corrected chi connectivity index (χ4v) is 1.67. The average Bonchev–Trinajstić information content (AvgIpc) is 1.55. The Morgan fingerprint density at radius 2 is 1.82 bits per heavy atom. The summed E-state index contributed by atoms with van der Waals surface area (Å²) in [5.74, 6) is -1.56. The fourth-order valence-electron chi connectivity index (χ4n) is 0.263. The first-order valence-corrected chi connectivity index (χ1v) is 4.96. The molecule has 0 aromatic carbocycles. The minimum absolute atomic E-state index is 0.479. The molecule has 0 aliphatic carbocycles. The highest BCUT2D eigenvalue weighted by Crippen LogP contribution is 2.29. The maximum Gasteiger partial charge on any atom is 0.441 e. The van der Waals surface area contributed by atoms with Gasteiger partial charge in [-0.05, 0) is 11.8 Å². The van der Waals surface area contributed by atoms with Crippen molar-refractivity contribution in [1.82, 2.24) is 0 Å². The van der Waals surface area contributed by atoms with Gasteiger partial charge in [0.05, 0.1) is 5.75 Å². The predicted octanol–water partition coefficient (Wildman–Crippen LogP) is 1.13. The summed E-state index contributed by atoms with van der Waals surface area (Å²) in [6, 6.07) is 0. The third kappa shape index (κ3) is 10.1. The van der Waals surface area contributed by atoms with Gasteiger partial charge in [0, 0.05) is 5.75 Å². The van der Waals surface area contributed by atoms with Crippen molar-refractivity contribution in [2.45, 2.75) is 5.51 Å². The monoisotopic (exact) mass is 210 g/mol. The van der Waals surface area contributed by atoms with E-state index >= 15 is 0 Å². The van der Waals surface area contributed by atoms with Gasteiger partial charge >= 0.3 is 5.51 Å². The normalized spacial score (nSPS) is 13.5. The highest BCUT2D eigenvalue weighted by atomic mass is 32.2. The van der Waals surface area contributed by atoms with Gasteiger partial charge in [-0.3, -0.25) is 4.55 Å². The van der Waals surface area contributed by atoms with Crippen molar-refractivity contribution >= 4 is 21.9 Å². The van der Waals surface area contributed by atoms with E-state index in [9.17, 15) is 21.6 Å². The number of rotatable bonds is 3. The van der Waals surface area contributed by atoms with Gasteiger partial charge < -0.3 is 0 Å². The number of hydrogen-bond donors (Lipinski definition) is 1. The van der Waals surface area contributed by atoms with Crippen molar-refractivity contribution in [2.24, 2.45) is 0 Å². The molecule has 0 radical (unpaired) electrons. The van der Waals surface area contributed by atoms with Gasteiger partial charge in [0.25, 0.3) is 10.1 Å². The molecule has 3 nitrogen and oxygen atoms in total. The van der Waals surface area contributed by atoms with E-state index in [1.165, 1.54) is 0 Å². The minimum Gasteiger partial charge on any atom is -0.286 e. The molecule has 0 rings (SSSR count). The molecule has 0 aromatic rings. The first kappa shape index (κ1) is 11.1. The molecular weight excluding hydrogens is 205 g/mol. The molecule has 0 amide bonds. The van der Waals surface area contributed by atoms with Gasteiger partial charge in [-0.1, -0.05) is 0 Å². The zero-order chi connectivity index (χ0) is 9.12. The molecule has 0 aliphatic rings. The molecule has 0 atom stereocenters. The lowest BCUT2D eigenvalue weighted by Gasteiger charge is -2.02. The molecule has 0 fully saturated rings. The summed E-state index contributed by atoms with van der Waals surface area (Å²) in [6.45, 7) is 0. The largest absolute Gasteiger partial charge is 0.441 e. The summed E-state index contributed by atoms with van der Waals surface area (Å²) in [5, 5.41) is 0. The molecule has 0 aliphatic heterocycles. The summed E-state index contributed by atoms with van der Waals surface area (Å²) in [4.78, 5) is 0. The van der Waals surface area contributed by atoms with Gasteiger partial charge in [0.15, 0.2) is 0 Å². The van der Waals surface area contributed by atoms with E-state index in [0.717, 1.165) is 0 Å². The van der Waals surface area contributed by atoms with Crippen LogP contribution >= 0.6 is 11.8 Å². The summed E-state index contributed by atoms with van der Waals surface area (Å²) >= 11 is -0.479. The van der Waals surface area contributed by atoms with E-state index in [2.05, 4.69) is 0 Å². The van der Waals surface area contributed by atoms with Crippen LogP contribution in [0.3, 0.4) is 0 Å². The lowest BCUT2D eigenvalue weighted by molar-refractivity contribution is -0.0326. The van der Waals surface area contributed by atoms with Crippen molar-refractivity contribution in [3.63, 3.8) is 0 Å². The van der Waals surface area contributed by atoms with E-state index in [0.29, 0.717) is 0 Å². The van der Waals surface area contributed by atoms with Gasteiger partial charge in [-0.15, -0.1) is 0 Å². The molecule has 11 heavy (non-hydrogen) atoms. The zero-order valence-electron chi connectivity index (χ0n) is 5.13. The maximum atomic E-state index is 11.3. The van der Waals surface area contributed by atoms with Crippen molar-refractivity contribution in [3.05, 3.63) is 0 Å². The van der Waals surface area contributed by atoms with Crippen LogP contribution in [0.25, 0.3) is 0 Å². The van der Waals surface area contributed by atoms with E-state index in [-0.39, 0.29) is 0 Å². The van der Waals surface area contributed by atoms with Gasteiger partial charge in [0.1, 0.15) is 0 Å². The lowest BCUT2D eigenvalue weighted by atomic mass is 11.0. The second-order valence-corrected chi connectivity index (χ2v) is 4.31. The van der Waals surface area contributed by atoms with E-state index in [1.54, 1.807) is 0 Å². The molecule has 0 bridgehead atoms. The van der Waals surface area contributed by atoms with Gasteiger partial charge in [-0.25, -0.2) is 0 Å². The van der Waals surface area contributed by atoms with Crippen molar-refractivity contribution in [3.8, 4) is 0 Å². The van der Waals surface area contributed by atoms with Crippen LogP contribution in [0.1, 0.15) is 0 Å². The van der Waals surface area contributed by atoms with E-state index < -0.39 is 38.9 Å². The Kier molecular flexibility index (Phi) is 3.65. The van der Waals surface area contributed by atoms with Crippen LogP contribution in [0.15, 0.2) is 0 Å². The Bertz CT molecular complexity index is 206. The second-order valence-electron chi connectivity index (χ2n) is 1.58. The van der Waals surface area contributed by atoms with Crippen molar-refractivity contribution in [1.29, 1.82) is 0 Å². The molecule has 68 valence electrons. The number of halogens is 3. The van der Waals surface area contributed by atoms with Crippen molar-refractivity contribution < 1.29 is 26.1 Å². The standard InChI is InChI=1S/C3H5F3O3S2/c4-3(5,6)10-1-2-11(7,8)9/h1-2H2,(H,7,8,9). The highest BCUT2D eigenvalue weighted by molar-refractivity contribution is 8.01. The second kappa shape index (κ2) is 3.63. The van der Waals surface area contributed by atoms with Crippen LogP contribution < -0.4 is 0 Å². The Morgan fingerprint density at radius 1 is 1.36 bits per heavy atom. The van der Waals surface area contributed by atoms with Crippen LogP contribution in [0.5, 0.6) is 0 Å². The summed E-state index contributed by atoms with van der Waals surface area (Å²) in [6.07, 6.45) is 0. The predicted molar refractivity (Wildman–Crippen MR) is 34.9 cm³/mol. The molecule has 0 aromatic heterocycles. The molecular formula is C3H5F3O3S2. The first-order chi connectivity index (χ1) is 4.71. The Morgan fingerprint density at radius 3 is 2.09 bits per heavy atom. The van der Waals surface area contributed by atoms with E-state index in [1.807, 2.05) is 0 Å². The Hall–Kier alpha value is 0.0500. The number of hydrogen-bond acceptors (Lipinski definition) is 3. The van der Waals surface area contributed by atoms with Crippen LogP contribution in [0, 0.1) is 0 Å². The third-order valence-corrected chi connectivity index (χ3v) is 2.32. The molecule has 1 N–H and O–H groups in total. The van der Waals surface area contributed by atoms with Crippen LogP contribution in [-0.4, -0.2) is 30.0 Å². The van der Waals surface area contributed by atoms with Crippen LogP contribution in [0.2, 0.25) is 0 Å². The first-order valence-electron chi connectivity index (χ1n) is 2.36. The third-order valence-electron chi connectivity index (χ3n) is 0.607. The van der Waals surface area contributed by atoms with Gasteiger partial charge in [0.2, 0.25) is 0 Å². The molecule has 0 spiro atoms. The molecule has 0 unspecified atom stereocenters. The Balaban J connectivity index is 3.61. The summed E-state index contributed by atoms with van der Waals surface area (Å²) < 4.78 is 61.7. The molecule has 0 saturated carbocycles. The minimum atomic E-state index is -4.44. The summed E-state index contributed by atoms with van der Waals surface area (Å²) in [7, 11) is -4.27. The zero-order valence-corrected chi connectivity index (χ0v) is 6.76. The van der Waals surface area contributed by atoms with Crippen LogP contribution in [0.4, 0.5) is 13.2 Å². The molecule has 0 saturated heterocycles. The lowest BCUT2D eigenvalue weighted by Crippen LogP contribution is -2.10. The number of thioether (sulfide) groups is 1. The fraction of sp³-hybridized carbons (Fsp3) is 1.00. The average molecular weight is 210 g/mol. The SMILES string of the molecule is O=S(=O)(O)CCSC(F)(F)F. The van der Waals surface area contributed by atoms with E-state index in [4.69, 9.17) is 4.55 Å². The highest BCUT2D eigenvalue weighted by Gasteiger charge is 2.28. The Labute approximate surface area is 65.7 Å². The van der Waals surface area contributed by atoms with Gasteiger partial charge in [-0.2, -0.15) is 21.6 Å². The topological polar surface area (TPSA) is 54.4 Å².